The van der Waals surface area contributed by atoms with Crippen molar-refractivity contribution in [3.05, 3.63) is 35.6 Å². The molecular weight excluding hydrogens is 219 g/mol. The van der Waals surface area contributed by atoms with Gasteiger partial charge in [-0.15, -0.1) is 0 Å². The lowest BCUT2D eigenvalue weighted by molar-refractivity contribution is 0.0893. The van der Waals surface area contributed by atoms with Crippen LogP contribution in [0.2, 0.25) is 0 Å². The number of amides is 1. The Morgan fingerprint density at radius 2 is 2.18 bits per heavy atom. The van der Waals surface area contributed by atoms with Gasteiger partial charge in [-0.1, -0.05) is 12.1 Å². The fourth-order valence-corrected chi connectivity index (χ4v) is 2.01. The standard InChI is InChI=1S/C13H17FN2O/c1-13(8-15,9-6-7-9)16-12(17)10-4-2-3-5-11(10)14/h2-5,9H,6-8,15H2,1H3,(H,16,17). The zero-order valence-electron chi connectivity index (χ0n) is 9.87. The topological polar surface area (TPSA) is 55.1 Å². The van der Waals surface area contributed by atoms with Crippen molar-refractivity contribution in [2.75, 3.05) is 6.54 Å². The average Bonchev–Trinajstić information content (AvgIpc) is 3.13. The van der Waals surface area contributed by atoms with Crippen LogP contribution in [0.3, 0.4) is 0 Å². The van der Waals surface area contributed by atoms with Crippen molar-refractivity contribution < 1.29 is 9.18 Å². The van der Waals surface area contributed by atoms with Crippen LogP contribution >= 0.6 is 0 Å². The number of hydrogen-bond donors (Lipinski definition) is 2. The highest BCUT2D eigenvalue weighted by Crippen LogP contribution is 2.39. The van der Waals surface area contributed by atoms with Crippen molar-refractivity contribution in [1.29, 1.82) is 0 Å². The molecule has 3 nitrogen and oxygen atoms in total. The number of halogens is 1. The van der Waals surface area contributed by atoms with E-state index < -0.39 is 11.4 Å². The quantitative estimate of drug-likeness (QED) is 0.835. The predicted octanol–water partition coefficient (Wildman–Crippen LogP) is 1.68. The highest BCUT2D eigenvalue weighted by Gasteiger charge is 2.41. The maximum absolute atomic E-state index is 13.4. The molecule has 1 amide bonds. The maximum Gasteiger partial charge on any atom is 0.254 e. The van der Waals surface area contributed by atoms with Gasteiger partial charge in [-0.25, -0.2) is 4.39 Å². The summed E-state index contributed by atoms with van der Waals surface area (Å²) in [5, 5.41) is 2.86. The second-order valence-corrected chi connectivity index (χ2v) is 4.83. The molecule has 1 aliphatic rings. The lowest BCUT2D eigenvalue weighted by Crippen LogP contribution is -2.53. The fourth-order valence-electron chi connectivity index (χ4n) is 2.01. The minimum absolute atomic E-state index is 0.0767. The number of carbonyl (C=O) groups excluding carboxylic acids is 1. The van der Waals surface area contributed by atoms with Crippen LogP contribution in [0.25, 0.3) is 0 Å². The number of hydrogen-bond acceptors (Lipinski definition) is 2. The summed E-state index contributed by atoms with van der Waals surface area (Å²) in [4.78, 5) is 12.0. The van der Waals surface area contributed by atoms with Crippen LogP contribution < -0.4 is 11.1 Å². The summed E-state index contributed by atoms with van der Waals surface area (Å²) in [6.07, 6.45) is 2.15. The maximum atomic E-state index is 13.4. The Kier molecular flexibility index (Phi) is 3.15. The number of nitrogens with two attached hydrogens (primary N) is 1. The van der Waals surface area contributed by atoms with Crippen LogP contribution in [-0.2, 0) is 0 Å². The van der Waals surface area contributed by atoms with Crippen molar-refractivity contribution in [3.63, 3.8) is 0 Å². The smallest absolute Gasteiger partial charge is 0.254 e. The van der Waals surface area contributed by atoms with Gasteiger partial charge in [0.25, 0.3) is 5.91 Å². The van der Waals surface area contributed by atoms with Gasteiger partial charge in [0, 0.05) is 6.54 Å². The van der Waals surface area contributed by atoms with E-state index in [2.05, 4.69) is 5.32 Å². The van der Waals surface area contributed by atoms with E-state index in [4.69, 9.17) is 5.73 Å². The second-order valence-electron chi connectivity index (χ2n) is 4.83. The summed E-state index contributed by atoms with van der Waals surface area (Å²) < 4.78 is 13.4. The first kappa shape index (κ1) is 12.0. The van der Waals surface area contributed by atoms with Crippen LogP contribution in [0, 0.1) is 11.7 Å². The van der Waals surface area contributed by atoms with Gasteiger partial charge in [0.05, 0.1) is 11.1 Å². The van der Waals surface area contributed by atoms with E-state index in [0.717, 1.165) is 12.8 Å². The van der Waals surface area contributed by atoms with Crippen molar-refractivity contribution >= 4 is 5.91 Å². The predicted molar refractivity (Wildman–Crippen MR) is 64.0 cm³/mol. The Morgan fingerprint density at radius 1 is 1.53 bits per heavy atom. The highest BCUT2D eigenvalue weighted by molar-refractivity contribution is 5.95. The van der Waals surface area contributed by atoms with Gasteiger partial charge >= 0.3 is 0 Å². The molecule has 1 unspecified atom stereocenters. The molecule has 1 fully saturated rings. The Hall–Kier alpha value is -1.42. The molecule has 0 saturated heterocycles. The fraction of sp³-hybridized carbons (Fsp3) is 0.462. The SMILES string of the molecule is CC(CN)(NC(=O)c1ccccc1F)C1CC1. The van der Waals surface area contributed by atoms with Crippen molar-refractivity contribution in [1.82, 2.24) is 5.32 Å². The normalized spacial score (nSPS) is 18.5. The monoisotopic (exact) mass is 236 g/mol. The molecule has 0 aliphatic heterocycles. The molecule has 1 atom stereocenters. The van der Waals surface area contributed by atoms with Gasteiger partial charge < -0.3 is 11.1 Å². The van der Waals surface area contributed by atoms with Gasteiger partial charge in [-0.05, 0) is 37.8 Å². The van der Waals surface area contributed by atoms with Crippen molar-refractivity contribution in [2.24, 2.45) is 11.7 Å². The Morgan fingerprint density at radius 3 is 2.71 bits per heavy atom. The van der Waals surface area contributed by atoms with E-state index in [-0.39, 0.29) is 11.5 Å². The van der Waals surface area contributed by atoms with Crippen LogP contribution in [0.1, 0.15) is 30.1 Å². The molecule has 0 aromatic heterocycles. The van der Waals surface area contributed by atoms with Crippen LogP contribution in [0.4, 0.5) is 4.39 Å². The third kappa shape index (κ3) is 2.47. The molecule has 17 heavy (non-hydrogen) atoms. The van der Waals surface area contributed by atoms with Crippen molar-refractivity contribution in [2.45, 2.75) is 25.3 Å². The van der Waals surface area contributed by atoms with Gasteiger partial charge in [0.2, 0.25) is 0 Å². The van der Waals surface area contributed by atoms with E-state index in [0.29, 0.717) is 12.5 Å². The first-order chi connectivity index (χ1) is 8.07. The van der Waals surface area contributed by atoms with Crippen LogP contribution in [-0.4, -0.2) is 18.0 Å². The first-order valence-electron chi connectivity index (χ1n) is 5.84. The van der Waals surface area contributed by atoms with Crippen LogP contribution in [0.5, 0.6) is 0 Å². The van der Waals surface area contributed by atoms with E-state index in [1.807, 2.05) is 6.92 Å². The second kappa shape index (κ2) is 4.45. The van der Waals surface area contributed by atoms with Gasteiger partial charge in [0.15, 0.2) is 0 Å². The number of nitrogens with one attached hydrogen (secondary N) is 1. The highest BCUT2D eigenvalue weighted by atomic mass is 19.1. The molecule has 3 N–H and O–H groups in total. The van der Waals surface area contributed by atoms with E-state index >= 15 is 0 Å². The number of rotatable bonds is 4. The summed E-state index contributed by atoms with van der Waals surface area (Å²) in [5.74, 6) is -0.466. The minimum atomic E-state index is -0.500. The molecule has 0 spiro atoms. The summed E-state index contributed by atoms with van der Waals surface area (Å²) in [7, 11) is 0. The lowest BCUT2D eigenvalue weighted by Gasteiger charge is -2.29. The summed E-state index contributed by atoms with van der Waals surface area (Å²) in [6.45, 7) is 2.29. The summed E-state index contributed by atoms with van der Waals surface area (Å²) in [5.41, 5.74) is 5.36. The van der Waals surface area contributed by atoms with E-state index in [1.165, 1.54) is 12.1 Å². The number of carbonyl (C=O) groups is 1. The van der Waals surface area contributed by atoms with E-state index in [9.17, 15) is 9.18 Å². The first-order valence-corrected chi connectivity index (χ1v) is 5.84. The third-order valence-corrected chi connectivity index (χ3v) is 3.42. The zero-order chi connectivity index (χ0) is 12.5. The molecule has 0 radical (unpaired) electrons. The third-order valence-electron chi connectivity index (χ3n) is 3.42. The largest absolute Gasteiger partial charge is 0.345 e. The van der Waals surface area contributed by atoms with Gasteiger partial charge in [-0.3, -0.25) is 4.79 Å². The molecule has 0 bridgehead atoms. The minimum Gasteiger partial charge on any atom is -0.345 e. The molecule has 0 heterocycles. The molecule has 1 aromatic carbocycles. The molecule has 92 valence electrons. The Bertz CT molecular complexity index is 431. The van der Waals surface area contributed by atoms with Crippen molar-refractivity contribution in [3.8, 4) is 0 Å². The molecule has 1 aromatic rings. The van der Waals surface area contributed by atoms with Gasteiger partial charge in [-0.2, -0.15) is 0 Å². The average molecular weight is 236 g/mol. The van der Waals surface area contributed by atoms with E-state index in [1.54, 1.807) is 12.1 Å². The molecule has 1 aliphatic carbocycles. The van der Waals surface area contributed by atoms with Crippen LogP contribution in [0.15, 0.2) is 24.3 Å². The number of benzene rings is 1. The Labute approximate surface area is 100 Å². The zero-order valence-corrected chi connectivity index (χ0v) is 9.87. The van der Waals surface area contributed by atoms with Gasteiger partial charge in [0.1, 0.15) is 5.82 Å². The summed E-state index contributed by atoms with van der Waals surface area (Å²) >= 11 is 0. The molecule has 2 rings (SSSR count). The lowest BCUT2D eigenvalue weighted by atomic mass is 9.95. The summed E-state index contributed by atoms with van der Waals surface area (Å²) in [6, 6.07) is 5.98. The molecular formula is C13H17FN2O. The molecule has 4 heteroatoms. The Balaban J connectivity index is 2.13. The molecule has 1 saturated carbocycles.